The molecule has 32 heavy (non-hydrogen) atoms. The molecule has 0 aliphatic carbocycles. The number of aromatic amines is 1. The van der Waals surface area contributed by atoms with Gasteiger partial charge in [-0.15, -0.1) is 10.2 Å². The molecule has 4 heterocycles. The number of nitrogens with zero attached hydrogens (tertiary/aromatic N) is 8. The molecular weight excluding hydrogens is 410 g/mol. The van der Waals surface area contributed by atoms with Gasteiger partial charge in [0, 0.05) is 12.7 Å². The molecule has 0 amide bonds. The second-order valence-electron chi connectivity index (χ2n) is 6.99. The van der Waals surface area contributed by atoms with E-state index in [0.29, 0.717) is 52.1 Å². The number of tetrazole rings is 1. The molecule has 2 N–H and O–H groups in total. The van der Waals surface area contributed by atoms with E-state index in [1.165, 1.54) is 7.11 Å². The van der Waals surface area contributed by atoms with E-state index in [-0.39, 0.29) is 0 Å². The van der Waals surface area contributed by atoms with Crippen LogP contribution in [-0.2, 0) is 12.1 Å². The first-order valence-electron chi connectivity index (χ1n) is 9.92. The minimum Gasteiger partial charge on any atom is -0.480 e. The summed E-state index contributed by atoms with van der Waals surface area (Å²) in [5.41, 5.74) is 0.937. The zero-order chi connectivity index (χ0) is 22.1. The molecule has 1 unspecified atom stereocenters. The maximum absolute atomic E-state index is 12.1. The third-order valence-electron chi connectivity index (χ3n) is 5.26. The Morgan fingerprint density at radius 3 is 2.59 bits per heavy atom. The Morgan fingerprint density at radius 1 is 1.09 bits per heavy atom. The average Bonchev–Trinajstić information content (AvgIpc) is 3.51. The van der Waals surface area contributed by atoms with Crippen LogP contribution in [0.4, 0.5) is 0 Å². The fraction of sp³-hybridized carbons (Fsp3) is 0.190. The van der Waals surface area contributed by atoms with E-state index in [1.807, 2.05) is 47.9 Å². The maximum Gasteiger partial charge on any atom is 0.226 e. The molecule has 160 valence electrons. The fourth-order valence-electron chi connectivity index (χ4n) is 3.79. The number of rotatable bonds is 6. The Kier molecular flexibility index (Phi) is 4.79. The monoisotopic (exact) mass is 429 g/mol. The quantitative estimate of drug-likeness (QED) is 0.413. The van der Waals surface area contributed by atoms with E-state index in [2.05, 4.69) is 35.8 Å². The predicted molar refractivity (Wildman–Crippen MR) is 114 cm³/mol. The van der Waals surface area contributed by atoms with Gasteiger partial charge in [0.05, 0.1) is 18.2 Å². The van der Waals surface area contributed by atoms with Crippen molar-refractivity contribution in [2.45, 2.75) is 19.1 Å². The molecule has 0 radical (unpaired) electrons. The third-order valence-corrected chi connectivity index (χ3v) is 5.26. The molecule has 0 aliphatic rings. The number of aryl methyl sites for hydroxylation is 1. The lowest BCUT2D eigenvalue weighted by molar-refractivity contribution is 0.106. The van der Waals surface area contributed by atoms with Crippen LogP contribution in [-0.4, -0.2) is 57.6 Å². The van der Waals surface area contributed by atoms with Gasteiger partial charge < -0.3 is 14.4 Å². The van der Waals surface area contributed by atoms with Gasteiger partial charge in [-0.1, -0.05) is 30.3 Å². The number of fused-ring (bicyclic) bond motifs is 1. The van der Waals surface area contributed by atoms with Crippen LogP contribution in [0.3, 0.4) is 0 Å². The number of nitrogens with one attached hydrogen (secondary N) is 1. The van der Waals surface area contributed by atoms with Crippen molar-refractivity contribution in [3.8, 4) is 17.3 Å². The van der Waals surface area contributed by atoms with Crippen LogP contribution in [0.15, 0.2) is 54.7 Å². The van der Waals surface area contributed by atoms with Crippen LogP contribution in [0.2, 0.25) is 0 Å². The molecule has 5 rings (SSSR count). The second kappa shape index (κ2) is 7.78. The Labute approximate surface area is 182 Å². The summed E-state index contributed by atoms with van der Waals surface area (Å²) < 4.78 is 7.33. The number of H-pyrrole nitrogens is 1. The van der Waals surface area contributed by atoms with Gasteiger partial charge in [-0.2, -0.15) is 20.4 Å². The van der Waals surface area contributed by atoms with E-state index < -0.39 is 5.60 Å². The van der Waals surface area contributed by atoms with Crippen molar-refractivity contribution in [1.82, 2.24) is 45.4 Å². The Balaban J connectivity index is 1.82. The number of pyridine rings is 1. The molecule has 4 aromatic heterocycles. The minimum absolute atomic E-state index is 0.300. The lowest BCUT2D eigenvalue weighted by Gasteiger charge is -2.27. The van der Waals surface area contributed by atoms with Gasteiger partial charge in [-0.05, 0) is 35.9 Å². The largest absolute Gasteiger partial charge is 0.480 e. The molecule has 0 bridgehead atoms. The summed E-state index contributed by atoms with van der Waals surface area (Å²) >= 11 is 0. The van der Waals surface area contributed by atoms with Crippen molar-refractivity contribution in [3.05, 3.63) is 71.8 Å². The molecule has 11 heteroatoms. The van der Waals surface area contributed by atoms with Crippen molar-refractivity contribution in [2.24, 2.45) is 0 Å². The second-order valence-corrected chi connectivity index (χ2v) is 6.99. The van der Waals surface area contributed by atoms with Gasteiger partial charge in [0.25, 0.3) is 0 Å². The molecule has 0 saturated carbocycles. The standard InChI is InChI=1S/C21H19N9O2/c1-3-30-15-12-14(17-26-28-29-27-17)19(32-2)23-18(15)24-20(30)21(31,13-8-5-4-6-9-13)16-10-7-11-22-25-16/h4-12,31H,3H2,1-2H3,(H,26,27,28,29). The first kappa shape index (κ1) is 19.7. The maximum atomic E-state index is 12.1. The summed E-state index contributed by atoms with van der Waals surface area (Å²) in [6.07, 6.45) is 1.56. The van der Waals surface area contributed by atoms with E-state index in [4.69, 9.17) is 9.72 Å². The molecule has 0 spiro atoms. The van der Waals surface area contributed by atoms with Crippen molar-refractivity contribution >= 4 is 11.2 Å². The van der Waals surface area contributed by atoms with Crippen LogP contribution in [0.25, 0.3) is 22.6 Å². The number of benzene rings is 1. The number of aliphatic hydroxyl groups is 1. The van der Waals surface area contributed by atoms with E-state index in [0.717, 1.165) is 0 Å². The highest BCUT2D eigenvalue weighted by molar-refractivity contribution is 5.80. The van der Waals surface area contributed by atoms with Crippen molar-refractivity contribution in [2.75, 3.05) is 7.11 Å². The number of methoxy groups -OCH3 is 1. The third kappa shape index (κ3) is 2.98. The van der Waals surface area contributed by atoms with E-state index >= 15 is 0 Å². The Hall–Kier alpha value is -4.25. The average molecular weight is 429 g/mol. The van der Waals surface area contributed by atoms with Crippen LogP contribution >= 0.6 is 0 Å². The van der Waals surface area contributed by atoms with Crippen LogP contribution in [0, 0.1) is 0 Å². The lowest BCUT2D eigenvalue weighted by Crippen LogP contribution is -2.33. The smallest absolute Gasteiger partial charge is 0.226 e. The highest BCUT2D eigenvalue weighted by Crippen LogP contribution is 2.37. The molecular formula is C21H19N9O2. The molecule has 0 aliphatic heterocycles. The summed E-state index contributed by atoms with van der Waals surface area (Å²) in [5.74, 6) is 1.00. The zero-order valence-corrected chi connectivity index (χ0v) is 17.3. The first-order chi connectivity index (χ1) is 15.7. The highest BCUT2D eigenvalue weighted by atomic mass is 16.5. The van der Waals surface area contributed by atoms with Gasteiger partial charge in [0.1, 0.15) is 5.69 Å². The van der Waals surface area contributed by atoms with Gasteiger partial charge >= 0.3 is 0 Å². The van der Waals surface area contributed by atoms with E-state index in [9.17, 15) is 5.11 Å². The highest BCUT2D eigenvalue weighted by Gasteiger charge is 2.41. The lowest BCUT2D eigenvalue weighted by atomic mass is 9.89. The fourth-order valence-corrected chi connectivity index (χ4v) is 3.79. The Bertz CT molecular complexity index is 1310. The topological polar surface area (TPSA) is 140 Å². The summed E-state index contributed by atoms with van der Waals surface area (Å²) in [6, 6.07) is 14.5. The summed E-state index contributed by atoms with van der Waals surface area (Å²) in [5, 5.41) is 34.5. The van der Waals surface area contributed by atoms with Crippen molar-refractivity contribution in [1.29, 1.82) is 0 Å². The molecule has 1 atom stereocenters. The number of imidazole rings is 1. The van der Waals surface area contributed by atoms with Crippen LogP contribution < -0.4 is 4.74 Å². The van der Waals surface area contributed by atoms with Crippen LogP contribution in [0.5, 0.6) is 5.88 Å². The minimum atomic E-state index is -1.66. The van der Waals surface area contributed by atoms with Gasteiger partial charge in [-0.25, -0.2) is 4.98 Å². The molecule has 0 fully saturated rings. The van der Waals surface area contributed by atoms with Crippen molar-refractivity contribution < 1.29 is 9.84 Å². The summed E-state index contributed by atoms with van der Waals surface area (Å²) in [4.78, 5) is 9.29. The molecule has 0 saturated heterocycles. The number of aromatic nitrogens is 9. The zero-order valence-electron chi connectivity index (χ0n) is 17.3. The Morgan fingerprint density at radius 2 is 1.94 bits per heavy atom. The summed E-state index contributed by atoms with van der Waals surface area (Å²) in [6.45, 7) is 2.48. The first-order valence-corrected chi connectivity index (χ1v) is 9.92. The van der Waals surface area contributed by atoms with Gasteiger partial charge in [0.15, 0.2) is 17.1 Å². The van der Waals surface area contributed by atoms with Gasteiger partial charge in [-0.3, -0.25) is 0 Å². The normalized spacial score (nSPS) is 13.2. The SMILES string of the molecule is CCn1c(C(O)(c2ccccc2)c2cccnn2)nc2nc(OC)c(-c3nn[nH]n3)cc21. The predicted octanol–water partition coefficient (Wildman–Crippen LogP) is 1.71. The van der Waals surface area contributed by atoms with E-state index in [1.54, 1.807) is 18.3 Å². The summed E-state index contributed by atoms with van der Waals surface area (Å²) in [7, 11) is 1.51. The number of ether oxygens (including phenoxy) is 1. The van der Waals surface area contributed by atoms with Crippen molar-refractivity contribution in [3.63, 3.8) is 0 Å². The number of hydrogen-bond donors (Lipinski definition) is 2. The molecule has 11 nitrogen and oxygen atoms in total. The van der Waals surface area contributed by atoms with Gasteiger partial charge in [0.2, 0.25) is 11.7 Å². The number of hydrogen-bond acceptors (Lipinski definition) is 9. The molecule has 1 aromatic carbocycles. The molecule has 5 aromatic rings. The van der Waals surface area contributed by atoms with Crippen LogP contribution in [0.1, 0.15) is 24.0 Å².